The van der Waals surface area contributed by atoms with Gasteiger partial charge in [-0.3, -0.25) is 19.8 Å². The first-order chi connectivity index (χ1) is 16.3. The first kappa shape index (κ1) is 23.8. The molecule has 176 valence electrons. The van der Waals surface area contributed by atoms with Crippen LogP contribution in [0.2, 0.25) is 0 Å². The van der Waals surface area contributed by atoms with Crippen LogP contribution >= 0.6 is 23.1 Å². The number of benzene rings is 2. The van der Waals surface area contributed by atoms with Gasteiger partial charge in [0.25, 0.3) is 5.91 Å². The van der Waals surface area contributed by atoms with Gasteiger partial charge in [0.2, 0.25) is 11.0 Å². The summed E-state index contributed by atoms with van der Waals surface area (Å²) in [5.41, 5.74) is 0.924. The van der Waals surface area contributed by atoms with Crippen LogP contribution in [-0.2, 0) is 21.8 Å². The molecule has 11 heteroatoms. The Morgan fingerprint density at radius 2 is 1.85 bits per heavy atom. The largest absolute Gasteiger partial charge is 0.325 e. The summed E-state index contributed by atoms with van der Waals surface area (Å²) < 4.78 is 13.6. The number of urea groups is 1. The van der Waals surface area contributed by atoms with Crippen LogP contribution in [0.5, 0.6) is 0 Å². The maximum atomic E-state index is 13.0. The lowest BCUT2D eigenvalue weighted by molar-refractivity contribution is -0.133. The van der Waals surface area contributed by atoms with Crippen molar-refractivity contribution in [3.8, 4) is 0 Å². The number of amides is 4. The van der Waals surface area contributed by atoms with Gasteiger partial charge in [-0.25, -0.2) is 9.18 Å². The summed E-state index contributed by atoms with van der Waals surface area (Å²) in [4.78, 5) is 38.7. The molecule has 2 heterocycles. The minimum atomic E-state index is -1.07. The summed E-state index contributed by atoms with van der Waals surface area (Å²) in [6.45, 7) is 1.26. The van der Waals surface area contributed by atoms with Crippen molar-refractivity contribution in [3.05, 3.63) is 71.5 Å². The monoisotopic (exact) mass is 499 g/mol. The van der Waals surface area contributed by atoms with Crippen LogP contribution in [0.15, 0.2) is 58.9 Å². The first-order valence-corrected chi connectivity index (χ1v) is 12.3. The quantitative estimate of drug-likeness (QED) is 0.263. The standard InChI is InChI=1S/C23H22FN5O3S2/c1-23(12-11-15-5-3-2-4-6-15)19(31)29(21(32)26-23)13-18(30)25-20-27-28-22(34-20)33-14-16-7-9-17(24)10-8-16/h2-10H,11-14H2,1H3,(H,26,32)(H,25,27,30). The lowest BCUT2D eigenvalue weighted by atomic mass is 9.93. The van der Waals surface area contributed by atoms with Gasteiger partial charge in [-0.05, 0) is 43.0 Å². The van der Waals surface area contributed by atoms with Crippen molar-refractivity contribution in [2.45, 2.75) is 35.4 Å². The molecule has 3 aromatic rings. The van der Waals surface area contributed by atoms with E-state index in [2.05, 4.69) is 20.8 Å². The Kier molecular flexibility index (Phi) is 7.23. The highest BCUT2D eigenvalue weighted by molar-refractivity contribution is 8.00. The molecule has 8 nitrogen and oxygen atoms in total. The summed E-state index contributed by atoms with van der Waals surface area (Å²) >= 11 is 2.59. The van der Waals surface area contributed by atoms with Gasteiger partial charge in [0.15, 0.2) is 4.34 Å². The molecule has 34 heavy (non-hydrogen) atoms. The molecule has 1 fully saturated rings. The van der Waals surface area contributed by atoms with Gasteiger partial charge in [0, 0.05) is 5.75 Å². The maximum absolute atomic E-state index is 13.0. The summed E-state index contributed by atoms with van der Waals surface area (Å²) in [6, 6.07) is 15.3. The van der Waals surface area contributed by atoms with Crippen molar-refractivity contribution in [1.29, 1.82) is 0 Å². The van der Waals surface area contributed by atoms with E-state index in [0.717, 1.165) is 16.0 Å². The molecule has 0 aliphatic carbocycles. The van der Waals surface area contributed by atoms with Crippen LogP contribution in [0.1, 0.15) is 24.5 Å². The second-order valence-electron chi connectivity index (χ2n) is 7.98. The summed E-state index contributed by atoms with van der Waals surface area (Å²) in [5, 5.41) is 13.5. The second-order valence-corrected chi connectivity index (χ2v) is 10.2. The van der Waals surface area contributed by atoms with E-state index in [0.29, 0.717) is 22.9 Å². The highest BCUT2D eigenvalue weighted by atomic mass is 32.2. The molecule has 1 aliphatic rings. The van der Waals surface area contributed by atoms with Crippen LogP contribution < -0.4 is 10.6 Å². The van der Waals surface area contributed by atoms with Crippen molar-refractivity contribution in [2.24, 2.45) is 0 Å². The van der Waals surface area contributed by atoms with E-state index in [-0.39, 0.29) is 10.9 Å². The number of carbonyl (C=O) groups excluding carboxylic acids is 3. The lowest BCUT2D eigenvalue weighted by Crippen LogP contribution is -2.45. The fraction of sp³-hybridized carbons (Fsp3) is 0.261. The molecular weight excluding hydrogens is 477 g/mol. The zero-order chi connectivity index (χ0) is 24.1. The lowest BCUT2D eigenvalue weighted by Gasteiger charge is -2.21. The number of anilines is 1. The first-order valence-electron chi connectivity index (χ1n) is 10.5. The predicted octanol–water partition coefficient (Wildman–Crippen LogP) is 3.85. The molecular formula is C23H22FN5O3S2. The van der Waals surface area contributed by atoms with E-state index in [1.807, 2.05) is 30.3 Å². The molecule has 4 amide bonds. The van der Waals surface area contributed by atoms with E-state index in [4.69, 9.17) is 0 Å². The second kappa shape index (κ2) is 10.3. The number of nitrogens with one attached hydrogen (secondary N) is 2. The topological polar surface area (TPSA) is 104 Å². The SMILES string of the molecule is CC1(CCc2ccccc2)NC(=O)N(CC(=O)Nc2nnc(SCc3ccc(F)cc3)s2)C1=O. The molecule has 0 saturated carbocycles. The van der Waals surface area contributed by atoms with Crippen LogP contribution in [0.4, 0.5) is 14.3 Å². The van der Waals surface area contributed by atoms with Crippen molar-refractivity contribution in [3.63, 3.8) is 0 Å². The van der Waals surface area contributed by atoms with Gasteiger partial charge >= 0.3 is 6.03 Å². The summed E-state index contributed by atoms with van der Waals surface area (Å²) in [5.74, 6) is -0.692. The molecule has 2 aromatic carbocycles. The van der Waals surface area contributed by atoms with E-state index in [1.165, 1.54) is 35.2 Å². The number of thioether (sulfide) groups is 1. The Labute approximate surface area is 204 Å². The minimum Gasteiger partial charge on any atom is -0.323 e. The molecule has 0 spiro atoms. The molecule has 1 atom stereocenters. The minimum absolute atomic E-state index is 0.269. The van der Waals surface area contributed by atoms with Crippen molar-refractivity contribution in [2.75, 3.05) is 11.9 Å². The molecule has 0 bridgehead atoms. The number of nitrogens with zero attached hydrogens (tertiary/aromatic N) is 3. The number of hydrogen-bond acceptors (Lipinski definition) is 7. The zero-order valence-electron chi connectivity index (χ0n) is 18.3. The van der Waals surface area contributed by atoms with Crippen molar-refractivity contribution >= 4 is 46.1 Å². The predicted molar refractivity (Wildman–Crippen MR) is 128 cm³/mol. The Hall–Kier alpha value is -3.31. The summed E-state index contributed by atoms with van der Waals surface area (Å²) in [6.07, 6.45) is 1.04. The number of hydrogen-bond donors (Lipinski definition) is 2. The van der Waals surface area contributed by atoms with Gasteiger partial charge < -0.3 is 5.32 Å². The summed E-state index contributed by atoms with van der Waals surface area (Å²) in [7, 11) is 0. The normalized spacial score (nSPS) is 17.6. The Bertz CT molecular complexity index is 1190. The van der Waals surface area contributed by atoms with Crippen molar-refractivity contribution < 1.29 is 18.8 Å². The van der Waals surface area contributed by atoms with Crippen LogP contribution in [0.3, 0.4) is 0 Å². The van der Waals surface area contributed by atoms with Gasteiger partial charge in [0.05, 0.1) is 0 Å². The fourth-order valence-electron chi connectivity index (χ4n) is 3.45. The molecule has 2 N–H and O–H groups in total. The van der Waals surface area contributed by atoms with Crippen LogP contribution in [-0.4, -0.2) is 45.0 Å². The van der Waals surface area contributed by atoms with Gasteiger partial charge in [-0.15, -0.1) is 10.2 Å². The molecule has 4 rings (SSSR count). The Morgan fingerprint density at radius 1 is 1.12 bits per heavy atom. The third-order valence-corrected chi connectivity index (χ3v) is 7.37. The molecule has 1 saturated heterocycles. The van der Waals surface area contributed by atoms with Crippen molar-refractivity contribution in [1.82, 2.24) is 20.4 Å². The smallest absolute Gasteiger partial charge is 0.323 e. The van der Waals surface area contributed by atoms with Gasteiger partial charge in [-0.1, -0.05) is 65.6 Å². The molecule has 1 aliphatic heterocycles. The third-order valence-electron chi connectivity index (χ3n) is 5.33. The maximum Gasteiger partial charge on any atom is 0.325 e. The molecule has 0 radical (unpaired) electrons. The number of imide groups is 1. The zero-order valence-corrected chi connectivity index (χ0v) is 19.9. The third kappa shape index (κ3) is 5.78. The Balaban J connectivity index is 1.29. The number of carbonyl (C=O) groups is 3. The number of aromatic nitrogens is 2. The molecule has 1 unspecified atom stereocenters. The van der Waals surface area contributed by atoms with E-state index in [9.17, 15) is 18.8 Å². The number of halogens is 1. The van der Waals surface area contributed by atoms with E-state index < -0.39 is 29.9 Å². The fourth-order valence-corrected chi connectivity index (χ4v) is 5.17. The van der Waals surface area contributed by atoms with Crippen LogP contribution in [0, 0.1) is 5.82 Å². The van der Waals surface area contributed by atoms with Gasteiger partial charge in [-0.2, -0.15) is 0 Å². The van der Waals surface area contributed by atoms with Gasteiger partial charge in [0.1, 0.15) is 17.9 Å². The highest BCUT2D eigenvalue weighted by Gasteiger charge is 2.47. The number of rotatable bonds is 9. The number of aryl methyl sites for hydroxylation is 1. The molecule has 1 aromatic heterocycles. The van der Waals surface area contributed by atoms with E-state index in [1.54, 1.807) is 19.1 Å². The van der Waals surface area contributed by atoms with E-state index >= 15 is 0 Å². The highest BCUT2D eigenvalue weighted by Crippen LogP contribution is 2.28. The average molecular weight is 500 g/mol. The van der Waals surface area contributed by atoms with Crippen LogP contribution in [0.25, 0.3) is 0 Å². The average Bonchev–Trinajstić information content (AvgIpc) is 3.35. The Morgan fingerprint density at radius 3 is 2.59 bits per heavy atom.